The van der Waals surface area contributed by atoms with E-state index >= 15 is 0 Å². The number of nitrogens with zero attached hydrogens (tertiary/aromatic N) is 4. The van der Waals surface area contributed by atoms with Gasteiger partial charge in [-0.05, 0) is 37.9 Å². The third-order valence-electron chi connectivity index (χ3n) is 6.36. The summed E-state index contributed by atoms with van der Waals surface area (Å²) in [7, 11) is -2.21. The molecule has 2 aliphatic rings. The number of aromatic nitrogens is 1. The van der Waals surface area contributed by atoms with E-state index in [2.05, 4.69) is 11.8 Å². The van der Waals surface area contributed by atoms with Crippen molar-refractivity contribution in [2.24, 2.45) is 13.0 Å². The second-order valence-electron chi connectivity index (χ2n) is 8.43. The van der Waals surface area contributed by atoms with Gasteiger partial charge >= 0.3 is 5.76 Å². The van der Waals surface area contributed by atoms with Crippen LogP contribution in [-0.4, -0.2) is 78.8 Å². The minimum Gasteiger partial charge on any atom is -0.408 e. The monoisotopic (exact) mass is 450 g/mol. The van der Waals surface area contributed by atoms with Gasteiger partial charge in [-0.2, -0.15) is 4.31 Å². The molecule has 10 heteroatoms. The summed E-state index contributed by atoms with van der Waals surface area (Å²) >= 11 is 0. The van der Waals surface area contributed by atoms with E-state index in [0.29, 0.717) is 38.0 Å². The van der Waals surface area contributed by atoms with Crippen LogP contribution in [0.4, 0.5) is 0 Å². The van der Waals surface area contributed by atoms with E-state index in [1.807, 2.05) is 4.90 Å². The summed E-state index contributed by atoms with van der Waals surface area (Å²) in [6, 6.07) is 4.46. The van der Waals surface area contributed by atoms with E-state index in [0.717, 1.165) is 26.1 Å². The summed E-state index contributed by atoms with van der Waals surface area (Å²) in [4.78, 5) is 29.1. The van der Waals surface area contributed by atoms with Gasteiger partial charge in [-0.1, -0.05) is 6.92 Å². The molecule has 0 N–H and O–H groups in total. The lowest BCUT2D eigenvalue weighted by Gasteiger charge is -2.38. The Labute approximate surface area is 182 Å². The van der Waals surface area contributed by atoms with Crippen molar-refractivity contribution < 1.29 is 17.6 Å². The van der Waals surface area contributed by atoms with Gasteiger partial charge < -0.3 is 9.32 Å². The minimum absolute atomic E-state index is 0.0561. The Morgan fingerprint density at radius 1 is 1.16 bits per heavy atom. The number of carbonyl (C=O) groups is 1. The number of sulfonamides is 1. The van der Waals surface area contributed by atoms with Gasteiger partial charge in [-0.25, -0.2) is 13.2 Å². The summed E-state index contributed by atoms with van der Waals surface area (Å²) in [5.74, 6) is -0.799. The molecule has 3 heterocycles. The molecule has 1 atom stereocenters. The normalized spacial score (nSPS) is 21.6. The number of carbonyl (C=O) groups excluding carboxylic acids is 1. The van der Waals surface area contributed by atoms with Crippen molar-refractivity contribution in [1.29, 1.82) is 0 Å². The highest BCUT2D eigenvalue weighted by Gasteiger charge is 2.36. The average molecular weight is 451 g/mol. The number of piperidine rings is 1. The van der Waals surface area contributed by atoms with Gasteiger partial charge in [0.2, 0.25) is 15.9 Å². The molecular weight excluding hydrogens is 420 g/mol. The zero-order valence-electron chi connectivity index (χ0n) is 18.1. The Hall–Kier alpha value is -2.17. The Balaban J connectivity index is 1.47. The van der Waals surface area contributed by atoms with Crippen molar-refractivity contribution >= 4 is 27.0 Å². The lowest BCUT2D eigenvalue weighted by molar-refractivity contribution is -0.138. The fourth-order valence-electron chi connectivity index (χ4n) is 4.55. The SMILES string of the molecule is CCCN1CCN(C(=O)[C@H]2CCCN(S(=O)(=O)c3ccc4c(c3)oc(=O)n4C)C2)CC1. The lowest BCUT2D eigenvalue weighted by atomic mass is 9.98. The number of aryl methyl sites for hydroxylation is 1. The lowest BCUT2D eigenvalue weighted by Crippen LogP contribution is -2.53. The number of hydrogen-bond acceptors (Lipinski definition) is 6. The van der Waals surface area contributed by atoms with E-state index in [9.17, 15) is 18.0 Å². The highest BCUT2D eigenvalue weighted by atomic mass is 32.2. The molecule has 0 aliphatic carbocycles. The maximum Gasteiger partial charge on any atom is 0.419 e. The Kier molecular flexibility index (Phi) is 6.23. The van der Waals surface area contributed by atoms with E-state index in [-0.39, 0.29) is 28.8 Å². The second-order valence-corrected chi connectivity index (χ2v) is 10.4. The number of amides is 1. The molecule has 0 unspecified atom stereocenters. The molecule has 0 radical (unpaired) electrons. The van der Waals surface area contributed by atoms with Crippen LogP contribution in [0.25, 0.3) is 11.1 Å². The maximum atomic E-state index is 13.2. The summed E-state index contributed by atoms with van der Waals surface area (Å²) < 4.78 is 34.4. The van der Waals surface area contributed by atoms with Crippen molar-refractivity contribution in [3.63, 3.8) is 0 Å². The van der Waals surface area contributed by atoms with Gasteiger partial charge in [0.05, 0.1) is 16.3 Å². The molecule has 2 aliphatic heterocycles. The van der Waals surface area contributed by atoms with Crippen LogP contribution in [0.1, 0.15) is 26.2 Å². The molecule has 2 saturated heterocycles. The van der Waals surface area contributed by atoms with E-state index in [1.165, 1.54) is 21.0 Å². The Morgan fingerprint density at radius 3 is 2.61 bits per heavy atom. The molecule has 31 heavy (non-hydrogen) atoms. The van der Waals surface area contributed by atoms with Gasteiger partial charge in [0, 0.05) is 52.4 Å². The molecule has 1 amide bonds. The largest absolute Gasteiger partial charge is 0.419 e. The van der Waals surface area contributed by atoms with Crippen LogP contribution >= 0.6 is 0 Å². The fraction of sp³-hybridized carbons (Fsp3) is 0.619. The van der Waals surface area contributed by atoms with E-state index in [1.54, 1.807) is 13.1 Å². The molecule has 0 bridgehead atoms. The molecule has 0 spiro atoms. The van der Waals surface area contributed by atoms with Crippen molar-refractivity contribution in [3.8, 4) is 0 Å². The van der Waals surface area contributed by atoms with Crippen molar-refractivity contribution in [3.05, 3.63) is 28.7 Å². The number of rotatable bonds is 5. The molecule has 170 valence electrons. The van der Waals surface area contributed by atoms with Crippen LogP contribution in [0.2, 0.25) is 0 Å². The third kappa shape index (κ3) is 4.28. The summed E-state index contributed by atoms with van der Waals surface area (Å²) in [6.45, 7) is 6.91. The second kappa shape index (κ2) is 8.76. The predicted octanol–water partition coefficient (Wildman–Crippen LogP) is 1.09. The molecule has 4 rings (SSSR count). The topological polar surface area (TPSA) is 96.1 Å². The van der Waals surface area contributed by atoms with Crippen LogP contribution in [0.15, 0.2) is 32.3 Å². The summed E-state index contributed by atoms with van der Waals surface area (Å²) in [5, 5.41) is 0. The number of piperazine rings is 1. The number of benzene rings is 1. The fourth-order valence-corrected chi connectivity index (χ4v) is 6.09. The first-order valence-corrected chi connectivity index (χ1v) is 12.4. The number of fused-ring (bicyclic) bond motifs is 1. The molecule has 9 nitrogen and oxygen atoms in total. The highest BCUT2D eigenvalue weighted by molar-refractivity contribution is 7.89. The molecule has 2 aromatic rings. The first kappa shape index (κ1) is 22.0. The van der Waals surface area contributed by atoms with Crippen molar-refractivity contribution in [1.82, 2.24) is 18.7 Å². The van der Waals surface area contributed by atoms with Crippen LogP contribution < -0.4 is 5.76 Å². The van der Waals surface area contributed by atoms with Gasteiger partial charge in [0.25, 0.3) is 0 Å². The van der Waals surface area contributed by atoms with Gasteiger partial charge in [-0.3, -0.25) is 14.3 Å². The zero-order valence-corrected chi connectivity index (χ0v) is 18.9. The van der Waals surface area contributed by atoms with E-state index in [4.69, 9.17) is 4.42 Å². The first-order valence-electron chi connectivity index (χ1n) is 10.9. The zero-order chi connectivity index (χ0) is 22.2. The summed E-state index contributed by atoms with van der Waals surface area (Å²) in [6.07, 6.45) is 2.45. The first-order chi connectivity index (χ1) is 14.8. The van der Waals surface area contributed by atoms with Gasteiger partial charge in [-0.15, -0.1) is 0 Å². The smallest absolute Gasteiger partial charge is 0.408 e. The van der Waals surface area contributed by atoms with E-state index < -0.39 is 15.8 Å². The Morgan fingerprint density at radius 2 is 1.90 bits per heavy atom. The van der Waals surface area contributed by atoms with Gasteiger partial charge in [0.15, 0.2) is 5.58 Å². The molecule has 0 saturated carbocycles. The molecular formula is C21H30N4O5S. The Bertz CT molecular complexity index is 1110. The maximum absolute atomic E-state index is 13.2. The van der Waals surface area contributed by atoms with Crippen molar-refractivity contribution in [2.75, 3.05) is 45.8 Å². The number of oxazole rings is 1. The van der Waals surface area contributed by atoms with Crippen molar-refractivity contribution in [2.45, 2.75) is 31.1 Å². The van der Waals surface area contributed by atoms with Crippen LogP contribution in [-0.2, 0) is 21.9 Å². The van der Waals surface area contributed by atoms with Crippen LogP contribution in [0.3, 0.4) is 0 Å². The van der Waals surface area contributed by atoms with Crippen LogP contribution in [0.5, 0.6) is 0 Å². The summed E-state index contributed by atoms with van der Waals surface area (Å²) in [5.41, 5.74) is 0.779. The van der Waals surface area contributed by atoms with Gasteiger partial charge in [0.1, 0.15) is 0 Å². The highest BCUT2D eigenvalue weighted by Crippen LogP contribution is 2.27. The quantitative estimate of drug-likeness (QED) is 0.677. The third-order valence-corrected chi connectivity index (χ3v) is 8.22. The van der Waals surface area contributed by atoms with Crippen LogP contribution in [0, 0.1) is 5.92 Å². The molecule has 2 fully saturated rings. The minimum atomic E-state index is -3.79. The average Bonchev–Trinajstić information content (AvgIpc) is 3.07. The molecule has 1 aromatic carbocycles. The predicted molar refractivity (Wildman–Crippen MR) is 116 cm³/mol. The standard InChI is InChI=1S/C21H30N4O5S/c1-3-8-23-10-12-24(13-11-23)20(26)16-5-4-9-25(15-16)31(28,29)17-6-7-18-19(14-17)30-21(27)22(18)2/h6-7,14,16H,3-5,8-13,15H2,1-2H3/t16-/m0/s1. The molecule has 1 aromatic heterocycles. The number of hydrogen-bond donors (Lipinski definition) is 0.